The highest BCUT2D eigenvalue weighted by molar-refractivity contribution is 7.11. The van der Waals surface area contributed by atoms with Gasteiger partial charge in [-0.15, -0.1) is 49.2 Å². The molecule has 9 N–H and O–H groups in total. The van der Waals surface area contributed by atoms with Crippen LogP contribution in [0.25, 0.3) is 11.0 Å². The fourth-order valence-electron chi connectivity index (χ4n) is 7.01. The van der Waals surface area contributed by atoms with Crippen molar-refractivity contribution in [2.24, 2.45) is 15.7 Å². The maximum atomic E-state index is 13.7. The number of aromatic nitrogens is 9. The number of fused-ring (bicyclic) bond motifs is 1. The number of ketones is 2. The number of carboxylic acid groups (broad SMARTS) is 1. The Morgan fingerprint density at radius 2 is 1.22 bits per heavy atom. The predicted octanol–water partition coefficient (Wildman–Crippen LogP) is 8.94. The Labute approximate surface area is 500 Å². The van der Waals surface area contributed by atoms with Crippen molar-refractivity contribution in [1.82, 2.24) is 60.6 Å². The van der Waals surface area contributed by atoms with Crippen molar-refractivity contribution in [3.63, 3.8) is 0 Å². The first-order chi connectivity index (χ1) is 39.3. The summed E-state index contributed by atoms with van der Waals surface area (Å²) < 4.78 is 79.9. The van der Waals surface area contributed by atoms with Crippen LogP contribution in [-0.4, -0.2) is 153 Å². The van der Waals surface area contributed by atoms with E-state index in [1.807, 2.05) is 26.0 Å². The Morgan fingerprint density at radius 3 is 1.61 bits per heavy atom. The molecule has 31 heteroatoms. The summed E-state index contributed by atoms with van der Waals surface area (Å²) in [6.07, 6.45) is 3.24. The molecule has 5 aromatic heterocycles. The molecule has 0 atom stereocenters. The van der Waals surface area contributed by atoms with Crippen LogP contribution in [-0.2, 0) is 13.1 Å². The molecular formula is C54H68ClF6N15O7S2. The molecular weight excluding hydrogens is 1180 g/mol. The summed E-state index contributed by atoms with van der Waals surface area (Å²) in [6.45, 7) is 21.3. The molecule has 0 aliphatic carbocycles. The molecule has 8 aromatic rings. The van der Waals surface area contributed by atoms with Crippen LogP contribution in [0.4, 0.5) is 26.3 Å². The molecule has 1 amide bonds. The maximum absolute atomic E-state index is 13.7. The topological polar surface area (TPSA) is 323 Å². The molecule has 8 rings (SSSR count). The van der Waals surface area contributed by atoms with Crippen LogP contribution in [0.2, 0.25) is 0 Å². The van der Waals surface area contributed by atoms with Crippen molar-refractivity contribution in [3.8, 4) is 0 Å². The van der Waals surface area contributed by atoms with E-state index in [2.05, 4.69) is 120 Å². The quantitative estimate of drug-likeness (QED) is 0.0163. The number of aryl methyl sites for hydroxylation is 2. The second kappa shape index (κ2) is 38.0. The summed E-state index contributed by atoms with van der Waals surface area (Å²) in [5.41, 5.74) is 4.14. The number of carboxylic acids is 1. The zero-order valence-corrected chi connectivity index (χ0v) is 50.5. The fraction of sp³-hybridized carbons (Fsp3) is 0.352. The Bertz CT molecular complexity index is 3380. The minimum absolute atomic E-state index is 0. The van der Waals surface area contributed by atoms with Gasteiger partial charge in [-0.2, -0.15) is 0 Å². The van der Waals surface area contributed by atoms with E-state index in [9.17, 15) is 45.5 Å². The molecule has 3 aromatic carbocycles. The molecule has 22 nitrogen and oxygen atoms in total. The van der Waals surface area contributed by atoms with Gasteiger partial charge in [0.25, 0.3) is 5.91 Å². The Balaban J connectivity index is 0.000000539. The Kier molecular flexibility index (Phi) is 33.5. The molecule has 462 valence electrons. The number of hydrogen-bond acceptors (Lipinski definition) is 18. The highest BCUT2D eigenvalue weighted by Gasteiger charge is 2.24. The molecule has 0 unspecified atom stereocenters. The predicted molar refractivity (Wildman–Crippen MR) is 313 cm³/mol. The minimum Gasteiger partial charge on any atom is -0.477 e. The van der Waals surface area contributed by atoms with Crippen molar-refractivity contribution >= 4 is 75.6 Å². The molecule has 0 bridgehead atoms. The summed E-state index contributed by atoms with van der Waals surface area (Å²) in [5, 5.41) is 45.8. The highest BCUT2D eigenvalue weighted by Crippen LogP contribution is 2.21. The van der Waals surface area contributed by atoms with Crippen molar-refractivity contribution in [1.29, 1.82) is 0 Å². The van der Waals surface area contributed by atoms with Crippen LogP contribution in [0, 0.1) is 48.8 Å². The summed E-state index contributed by atoms with van der Waals surface area (Å²) in [7, 11) is 4.12. The lowest BCUT2D eigenvalue weighted by atomic mass is 10.0. The van der Waals surface area contributed by atoms with Crippen LogP contribution in [0.1, 0.15) is 121 Å². The largest absolute Gasteiger partial charge is 0.477 e. The van der Waals surface area contributed by atoms with Crippen molar-refractivity contribution in [3.05, 3.63) is 162 Å². The number of nitrogens with zero attached hydrogens (tertiary/aromatic N) is 11. The molecule has 0 aliphatic heterocycles. The van der Waals surface area contributed by atoms with Gasteiger partial charge in [-0.05, 0) is 112 Å². The van der Waals surface area contributed by atoms with E-state index in [1.54, 1.807) is 30.4 Å². The monoisotopic (exact) mass is 1250 g/mol. The van der Waals surface area contributed by atoms with Gasteiger partial charge in [0.15, 0.2) is 11.6 Å². The Morgan fingerprint density at radius 1 is 0.741 bits per heavy atom. The number of halogens is 7. The van der Waals surface area contributed by atoms with Gasteiger partial charge in [-0.25, -0.2) is 41.1 Å². The summed E-state index contributed by atoms with van der Waals surface area (Å²) in [4.78, 5) is 64.8. The summed E-state index contributed by atoms with van der Waals surface area (Å²) in [5.74, 6) is -11.5. The molecule has 0 spiro atoms. The molecule has 0 radical (unpaired) electrons. The standard InChI is InChI=1S/C16H11F3N4O2S.C12H6F3NO3.C8H17N3.C8H19N.C6H5N3O.C4H7N3S.ClH.H2O/c1-7-22-23-13(26-7)6-21-16(25)12-2-8(5-20-12)15(24)14-10(18)3-9(17)4-11(14)19;13-6-2-7(14)10(8(15)3-6)11(17)5-1-9(12(18)19)16-4-5;1-4-9-8-10-6-5-7-11(2)3;1-6-9(7(2)3)8(4)5;10-9-6-4-2-1-3-5(6)7-8-9;1-3-6-7-4(2-5)8-3;;/h2-5,20H,6H2,1H3,(H,21,25);1-4,16H,(H,18,19);4-7H2,1-3H3;7-8H,6H2,1-5H3;1-4,10H;2,5H2,1H3;1H;1H2. The second-order valence-corrected chi connectivity index (χ2v) is 20.5. The van der Waals surface area contributed by atoms with Gasteiger partial charge in [0, 0.05) is 73.0 Å². The number of carbonyl (C=O) groups excluding carboxylic acids is 3. The molecule has 5 heterocycles. The number of nitrogens with two attached hydrogens (primary N) is 1. The van der Waals surface area contributed by atoms with Crippen LogP contribution in [0.3, 0.4) is 0 Å². The number of aromatic carboxylic acids is 1. The zero-order valence-electron chi connectivity index (χ0n) is 48.0. The average molecular weight is 1250 g/mol. The number of para-hydroxylation sites is 1. The second-order valence-electron chi connectivity index (χ2n) is 18.0. The van der Waals surface area contributed by atoms with E-state index in [0.29, 0.717) is 58.9 Å². The third-order valence-electron chi connectivity index (χ3n) is 10.7. The number of benzene rings is 3. The number of H-pyrrole nitrogens is 2. The maximum Gasteiger partial charge on any atom is 0.352 e. The fourth-order valence-corrected chi connectivity index (χ4v) is 8.25. The van der Waals surface area contributed by atoms with Gasteiger partial charge in [-0.1, -0.05) is 35.2 Å². The van der Waals surface area contributed by atoms with E-state index < -0.39 is 69.5 Å². The zero-order chi connectivity index (χ0) is 61.9. The van der Waals surface area contributed by atoms with Gasteiger partial charge < -0.3 is 41.7 Å². The average Bonchev–Trinajstić information content (AvgIpc) is 3.05. The van der Waals surface area contributed by atoms with Gasteiger partial charge in [-0.3, -0.25) is 19.3 Å². The van der Waals surface area contributed by atoms with Gasteiger partial charge in [0.2, 0.25) is 0 Å². The molecule has 85 heavy (non-hydrogen) atoms. The molecule has 0 aliphatic rings. The van der Waals surface area contributed by atoms with Crippen LogP contribution in [0.5, 0.6) is 0 Å². The van der Waals surface area contributed by atoms with Gasteiger partial charge in [0.05, 0.1) is 30.2 Å². The first-order valence-electron chi connectivity index (χ1n) is 25.3. The van der Waals surface area contributed by atoms with Crippen LogP contribution >= 0.6 is 35.1 Å². The number of amides is 1. The van der Waals surface area contributed by atoms with E-state index in [-0.39, 0.29) is 46.9 Å². The third kappa shape index (κ3) is 25.0. The van der Waals surface area contributed by atoms with Crippen molar-refractivity contribution in [2.75, 3.05) is 40.3 Å². The molecule has 0 fully saturated rings. The molecule has 0 saturated carbocycles. The number of carbonyl (C=O) groups is 4. The summed E-state index contributed by atoms with van der Waals surface area (Å²) in [6, 6.07) is 14.9. The lowest BCUT2D eigenvalue weighted by Crippen LogP contribution is -2.36. The van der Waals surface area contributed by atoms with E-state index in [0.717, 1.165) is 77.0 Å². The van der Waals surface area contributed by atoms with Crippen LogP contribution < -0.4 is 11.1 Å². The number of aromatic amines is 2. The lowest BCUT2D eigenvalue weighted by molar-refractivity contribution is 0.0690. The first kappa shape index (κ1) is 74.9. The lowest BCUT2D eigenvalue weighted by Gasteiger charge is -2.28. The van der Waals surface area contributed by atoms with E-state index in [4.69, 9.17) is 16.0 Å². The van der Waals surface area contributed by atoms with E-state index >= 15 is 0 Å². The van der Waals surface area contributed by atoms with Crippen molar-refractivity contribution < 1.29 is 61.3 Å². The SMILES string of the molecule is CCN(C(C)C)C(C)C.CCN=C=NCCCN(C)C.Cc1nnc(CN)s1.Cc1nnc(CNC(=O)c2cc(C(=O)c3c(F)cc(F)cc3F)c[nH]2)s1.Cl.O.O=C(O)c1cc(C(=O)c2c(F)cc(F)cc2F)c[nH]1.On1nnc2ccccc21. The van der Waals surface area contributed by atoms with Gasteiger partial charge in [0.1, 0.15) is 77.4 Å². The third-order valence-corrected chi connectivity index (χ3v) is 12.4. The van der Waals surface area contributed by atoms with Crippen molar-refractivity contribution in [2.45, 2.75) is 87.0 Å². The number of aliphatic imine (C=N–C) groups is 2. The number of hydrogen-bond donors (Lipinski definition) is 6. The minimum atomic E-state index is -1.35. The van der Waals surface area contributed by atoms with Crippen LogP contribution in [0.15, 0.2) is 83.0 Å². The van der Waals surface area contributed by atoms with E-state index in [1.165, 1.54) is 11.3 Å². The smallest absolute Gasteiger partial charge is 0.352 e. The normalized spacial score (nSPS) is 10.3. The number of rotatable bonds is 17. The first-order valence-corrected chi connectivity index (χ1v) is 27.0. The number of nitrogens with one attached hydrogen (secondary N) is 3. The summed E-state index contributed by atoms with van der Waals surface area (Å²) >= 11 is 2.86. The molecule has 0 saturated heterocycles. The Hall–Kier alpha value is -8.09. The highest BCUT2D eigenvalue weighted by atomic mass is 35.5. The van der Waals surface area contributed by atoms with Gasteiger partial charge >= 0.3 is 5.97 Å².